The fourth-order valence-corrected chi connectivity index (χ4v) is 5.57. The summed E-state index contributed by atoms with van der Waals surface area (Å²) in [6.07, 6.45) is 2.93. The number of thiocarbonyl (C=S) groups is 1. The van der Waals surface area contributed by atoms with Gasteiger partial charge in [0.15, 0.2) is 17.5 Å². The standard InChI is InChI=1S/C26H26F2N6O3S2/c27-20-5-3-18(15-21(20)28)17-4-6-22(37-13-10-33-8-11-36-12-9-33)19(14-17)16-23-25(35)34(26(38)39-23)7-1-2-24-29-31-32-30-24/h3-6,14-16H,1-2,7-13H2,(H,29,30,31,32)/b23-16-. The number of hydrogen-bond acceptors (Lipinski definition) is 9. The van der Waals surface area contributed by atoms with Crippen LogP contribution in [0.3, 0.4) is 0 Å². The van der Waals surface area contributed by atoms with Gasteiger partial charge in [0.05, 0.1) is 18.1 Å². The van der Waals surface area contributed by atoms with Gasteiger partial charge in [-0.25, -0.2) is 8.78 Å². The largest absolute Gasteiger partial charge is 0.492 e. The van der Waals surface area contributed by atoms with E-state index in [0.717, 1.165) is 31.8 Å². The van der Waals surface area contributed by atoms with E-state index >= 15 is 0 Å². The first kappa shape index (κ1) is 27.3. The zero-order valence-electron chi connectivity index (χ0n) is 20.9. The number of tetrazole rings is 1. The zero-order valence-corrected chi connectivity index (χ0v) is 22.6. The van der Waals surface area contributed by atoms with Crippen LogP contribution in [0.5, 0.6) is 5.75 Å². The Kier molecular flexibility index (Phi) is 8.91. The lowest BCUT2D eigenvalue weighted by Crippen LogP contribution is -2.38. The van der Waals surface area contributed by atoms with Crippen molar-refractivity contribution in [1.82, 2.24) is 30.4 Å². The van der Waals surface area contributed by atoms with Crippen molar-refractivity contribution in [1.29, 1.82) is 0 Å². The third-order valence-electron chi connectivity index (χ3n) is 6.36. The monoisotopic (exact) mass is 572 g/mol. The number of halogens is 2. The molecule has 0 radical (unpaired) electrons. The van der Waals surface area contributed by atoms with Crippen LogP contribution in [0.2, 0.25) is 0 Å². The third-order valence-corrected chi connectivity index (χ3v) is 7.74. The summed E-state index contributed by atoms with van der Waals surface area (Å²) in [5, 5.41) is 13.8. The minimum atomic E-state index is -0.929. The SMILES string of the molecule is O=C1/C(=C/c2cc(-c3ccc(F)c(F)c3)ccc2OCCN2CCOCC2)SC(=S)N1CCCc1nn[nH]n1. The number of nitrogens with one attached hydrogen (secondary N) is 1. The van der Waals surface area contributed by atoms with E-state index in [1.54, 1.807) is 29.2 Å². The first-order chi connectivity index (χ1) is 19.0. The number of nitrogens with zero attached hydrogens (tertiary/aromatic N) is 5. The molecule has 2 saturated heterocycles. The molecular formula is C26H26F2N6O3S2. The molecule has 2 aromatic carbocycles. The summed E-state index contributed by atoms with van der Waals surface area (Å²) in [6, 6.07) is 9.14. The molecule has 39 heavy (non-hydrogen) atoms. The highest BCUT2D eigenvalue weighted by atomic mass is 32.2. The number of aromatic amines is 1. The van der Waals surface area contributed by atoms with Crippen LogP contribution in [0, 0.1) is 11.6 Å². The van der Waals surface area contributed by atoms with E-state index in [4.69, 9.17) is 21.7 Å². The summed E-state index contributed by atoms with van der Waals surface area (Å²) in [7, 11) is 0. The number of carbonyl (C=O) groups is 1. The number of carbonyl (C=O) groups excluding carboxylic acids is 1. The van der Waals surface area contributed by atoms with Crippen LogP contribution < -0.4 is 4.74 Å². The molecule has 0 spiro atoms. The number of H-pyrrole nitrogens is 1. The second kappa shape index (κ2) is 12.7. The Morgan fingerprint density at radius 2 is 1.90 bits per heavy atom. The molecule has 0 bridgehead atoms. The highest BCUT2D eigenvalue weighted by molar-refractivity contribution is 8.26. The van der Waals surface area contributed by atoms with E-state index in [0.29, 0.717) is 76.7 Å². The van der Waals surface area contributed by atoms with Crippen LogP contribution in [0.25, 0.3) is 17.2 Å². The minimum Gasteiger partial charge on any atom is -0.492 e. The van der Waals surface area contributed by atoms with Gasteiger partial charge in [0.1, 0.15) is 16.7 Å². The Morgan fingerprint density at radius 1 is 1.10 bits per heavy atom. The fraction of sp³-hybridized carbons (Fsp3) is 0.346. The second-order valence-corrected chi connectivity index (χ2v) is 10.6. The molecule has 0 aliphatic carbocycles. The molecule has 1 N–H and O–H groups in total. The first-order valence-electron chi connectivity index (χ1n) is 12.5. The maximum Gasteiger partial charge on any atom is 0.266 e. The number of benzene rings is 2. The highest BCUT2D eigenvalue weighted by Crippen LogP contribution is 2.36. The summed E-state index contributed by atoms with van der Waals surface area (Å²) in [6.45, 7) is 4.70. The summed E-state index contributed by atoms with van der Waals surface area (Å²) < 4.78 is 39.5. The lowest BCUT2D eigenvalue weighted by Gasteiger charge is -2.26. The molecule has 0 unspecified atom stereocenters. The topological polar surface area (TPSA) is 96.5 Å². The van der Waals surface area contributed by atoms with Gasteiger partial charge in [0.2, 0.25) is 0 Å². The molecule has 3 aromatic rings. The molecule has 204 valence electrons. The van der Waals surface area contributed by atoms with Crippen LogP contribution in [0.15, 0.2) is 41.3 Å². The molecule has 0 atom stereocenters. The van der Waals surface area contributed by atoms with Gasteiger partial charge in [-0.1, -0.05) is 41.3 Å². The van der Waals surface area contributed by atoms with Gasteiger partial charge in [-0.2, -0.15) is 5.21 Å². The summed E-state index contributed by atoms with van der Waals surface area (Å²) in [5.41, 5.74) is 1.82. The summed E-state index contributed by atoms with van der Waals surface area (Å²) in [4.78, 5) is 17.5. The normalized spacial score (nSPS) is 17.4. The van der Waals surface area contributed by atoms with Crippen molar-refractivity contribution in [3.63, 3.8) is 0 Å². The molecule has 2 aliphatic rings. The van der Waals surface area contributed by atoms with Crippen LogP contribution in [0.4, 0.5) is 8.78 Å². The molecule has 2 aliphatic heterocycles. The van der Waals surface area contributed by atoms with E-state index in [1.165, 1.54) is 17.8 Å². The van der Waals surface area contributed by atoms with Crippen molar-refractivity contribution in [3.8, 4) is 16.9 Å². The number of aryl methyl sites for hydroxylation is 1. The average molecular weight is 573 g/mol. The fourth-order valence-electron chi connectivity index (χ4n) is 4.28. The number of morpholine rings is 1. The van der Waals surface area contributed by atoms with Crippen molar-refractivity contribution in [2.45, 2.75) is 12.8 Å². The first-order valence-corrected chi connectivity index (χ1v) is 13.7. The molecule has 3 heterocycles. The predicted molar refractivity (Wildman–Crippen MR) is 147 cm³/mol. The Hall–Kier alpha value is -3.26. The van der Waals surface area contributed by atoms with Crippen LogP contribution in [0.1, 0.15) is 17.8 Å². The Labute approximate surface area is 233 Å². The molecule has 13 heteroatoms. The van der Waals surface area contributed by atoms with Gasteiger partial charge in [0.25, 0.3) is 5.91 Å². The summed E-state index contributed by atoms with van der Waals surface area (Å²) in [5.74, 6) is -0.886. The van der Waals surface area contributed by atoms with E-state index in [1.807, 2.05) is 0 Å². The number of ether oxygens (including phenoxy) is 2. The molecule has 5 rings (SSSR count). The van der Waals surface area contributed by atoms with Crippen molar-refractivity contribution < 1.29 is 23.0 Å². The number of rotatable bonds is 10. The lowest BCUT2D eigenvalue weighted by atomic mass is 10.0. The maximum atomic E-state index is 13.9. The Balaban J connectivity index is 1.35. The molecule has 2 fully saturated rings. The van der Waals surface area contributed by atoms with E-state index in [-0.39, 0.29) is 5.91 Å². The molecule has 9 nitrogen and oxygen atoms in total. The van der Waals surface area contributed by atoms with Gasteiger partial charge in [-0.05, 0) is 47.9 Å². The molecule has 1 amide bonds. The molecule has 1 aromatic heterocycles. The van der Waals surface area contributed by atoms with Gasteiger partial charge < -0.3 is 9.47 Å². The quantitative estimate of drug-likeness (QED) is 0.288. The second-order valence-electron chi connectivity index (χ2n) is 8.95. The van der Waals surface area contributed by atoms with Gasteiger partial charge >= 0.3 is 0 Å². The van der Waals surface area contributed by atoms with Crippen LogP contribution in [-0.4, -0.2) is 86.7 Å². The lowest BCUT2D eigenvalue weighted by molar-refractivity contribution is -0.122. The van der Waals surface area contributed by atoms with Crippen molar-refractivity contribution >= 4 is 40.3 Å². The Morgan fingerprint density at radius 3 is 2.67 bits per heavy atom. The maximum absolute atomic E-state index is 13.9. The van der Waals surface area contributed by atoms with Crippen molar-refractivity contribution in [3.05, 3.63) is 64.3 Å². The summed E-state index contributed by atoms with van der Waals surface area (Å²) >= 11 is 6.70. The Bertz CT molecular complexity index is 1370. The van der Waals surface area contributed by atoms with Crippen LogP contribution >= 0.6 is 24.0 Å². The van der Waals surface area contributed by atoms with Crippen molar-refractivity contribution in [2.24, 2.45) is 0 Å². The number of hydrogen-bond donors (Lipinski definition) is 1. The molecular weight excluding hydrogens is 546 g/mol. The van der Waals surface area contributed by atoms with E-state index in [9.17, 15) is 13.6 Å². The van der Waals surface area contributed by atoms with Crippen LogP contribution in [-0.2, 0) is 16.0 Å². The average Bonchev–Trinajstić information content (AvgIpc) is 3.55. The van der Waals surface area contributed by atoms with E-state index < -0.39 is 11.6 Å². The van der Waals surface area contributed by atoms with Gasteiger partial charge in [0, 0.05) is 38.2 Å². The predicted octanol–water partition coefficient (Wildman–Crippen LogP) is 3.69. The highest BCUT2D eigenvalue weighted by Gasteiger charge is 2.32. The van der Waals surface area contributed by atoms with Crippen molar-refractivity contribution in [2.75, 3.05) is 46.0 Å². The zero-order chi connectivity index (χ0) is 27.2. The number of aromatic nitrogens is 4. The number of thioether (sulfide) groups is 1. The molecule has 0 saturated carbocycles. The third kappa shape index (κ3) is 6.85. The van der Waals surface area contributed by atoms with Gasteiger partial charge in [-0.3, -0.25) is 14.6 Å². The van der Waals surface area contributed by atoms with E-state index in [2.05, 4.69) is 25.5 Å². The van der Waals surface area contributed by atoms with Gasteiger partial charge in [-0.15, -0.1) is 10.2 Å². The minimum absolute atomic E-state index is 0.199. The smallest absolute Gasteiger partial charge is 0.266 e. The number of amides is 1.